The van der Waals surface area contributed by atoms with Crippen molar-refractivity contribution >= 4 is 49.6 Å². The maximum absolute atomic E-state index is 11.9. The minimum Gasteiger partial charge on any atom is -0.385 e. The molecule has 0 saturated heterocycles. The third-order valence-corrected chi connectivity index (χ3v) is 5.13. The van der Waals surface area contributed by atoms with E-state index in [1.54, 1.807) is 18.9 Å². The van der Waals surface area contributed by atoms with Crippen LogP contribution >= 0.6 is 15.9 Å². The number of fused-ring (bicyclic) bond motifs is 3. The van der Waals surface area contributed by atoms with E-state index in [-0.39, 0.29) is 5.91 Å². The summed E-state index contributed by atoms with van der Waals surface area (Å²) in [7, 11) is 1.69. The summed E-state index contributed by atoms with van der Waals surface area (Å²) in [6.45, 7) is 5.96. The van der Waals surface area contributed by atoms with Crippen LogP contribution in [0.15, 0.2) is 22.7 Å². The number of aromatic nitrogens is 3. The fourth-order valence-corrected chi connectivity index (χ4v) is 3.63. The highest BCUT2D eigenvalue weighted by Gasteiger charge is 2.19. The molecule has 0 spiro atoms. The van der Waals surface area contributed by atoms with Gasteiger partial charge in [-0.05, 0) is 31.5 Å². The number of carbonyl (C=O) groups excluding carboxylic acids is 1. The van der Waals surface area contributed by atoms with Crippen molar-refractivity contribution in [2.45, 2.75) is 33.4 Å². The second-order valence-electron chi connectivity index (χ2n) is 6.41. The second-order valence-corrected chi connectivity index (χ2v) is 7.33. The van der Waals surface area contributed by atoms with E-state index in [1.807, 2.05) is 25.1 Å². The first-order valence-corrected chi connectivity index (χ1v) is 9.73. The molecule has 2 aromatic heterocycles. The largest absolute Gasteiger partial charge is 0.385 e. The number of imidazole rings is 1. The number of nitrogens with zero attached hydrogens (tertiary/aromatic N) is 4. The number of amides is 1. The molecule has 27 heavy (non-hydrogen) atoms. The highest BCUT2D eigenvalue weighted by atomic mass is 79.9. The van der Waals surface area contributed by atoms with E-state index in [0.29, 0.717) is 31.0 Å². The first-order valence-electron chi connectivity index (χ1n) is 8.94. The second kappa shape index (κ2) is 8.22. The topological polar surface area (TPSA) is 86.3 Å². The maximum atomic E-state index is 11.9. The fraction of sp³-hybridized carbons (Fsp3) is 0.421. The Morgan fingerprint density at radius 1 is 1.37 bits per heavy atom. The lowest BCUT2D eigenvalue weighted by Gasteiger charge is -2.19. The van der Waals surface area contributed by atoms with Crippen LogP contribution in [0.4, 0.5) is 5.82 Å². The van der Waals surface area contributed by atoms with Crippen molar-refractivity contribution in [3.8, 4) is 0 Å². The number of anilines is 1. The van der Waals surface area contributed by atoms with Crippen molar-refractivity contribution in [3.05, 3.63) is 28.5 Å². The van der Waals surface area contributed by atoms with Gasteiger partial charge in [0.05, 0.1) is 17.6 Å². The number of aryl methyl sites for hydroxylation is 1. The minimum absolute atomic E-state index is 0.0212. The van der Waals surface area contributed by atoms with Crippen LogP contribution in [-0.4, -0.2) is 45.6 Å². The van der Waals surface area contributed by atoms with Crippen molar-refractivity contribution in [2.24, 2.45) is 0 Å². The molecule has 0 atom stereocenters. The summed E-state index contributed by atoms with van der Waals surface area (Å²) < 4.78 is 8.31. The summed E-state index contributed by atoms with van der Waals surface area (Å²) in [5.74, 6) is 1.23. The van der Waals surface area contributed by atoms with Gasteiger partial charge in [-0.25, -0.2) is 9.97 Å². The number of methoxy groups -OCH3 is 1. The Morgan fingerprint density at radius 3 is 2.81 bits per heavy atom. The molecule has 144 valence electrons. The average Bonchev–Trinajstić information content (AvgIpc) is 2.98. The van der Waals surface area contributed by atoms with Gasteiger partial charge in [0.2, 0.25) is 5.91 Å². The third-order valence-electron chi connectivity index (χ3n) is 4.63. The molecular formula is C19H24BrN5O2. The van der Waals surface area contributed by atoms with E-state index >= 15 is 0 Å². The molecule has 1 amide bonds. The third kappa shape index (κ3) is 3.91. The molecule has 0 saturated carbocycles. The number of pyridine rings is 1. The van der Waals surface area contributed by atoms with E-state index in [4.69, 9.17) is 15.5 Å². The van der Waals surface area contributed by atoms with Gasteiger partial charge in [-0.3, -0.25) is 4.79 Å². The highest BCUT2D eigenvalue weighted by Crippen LogP contribution is 2.31. The van der Waals surface area contributed by atoms with Crippen LogP contribution < -0.4 is 5.73 Å². The summed E-state index contributed by atoms with van der Waals surface area (Å²) in [6.07, 6.45) is 0.835. The van der Waals surface area contributed by atoms with Gasteiger partial charge in [0.1, 0.15) is 11.3 Å². The molecule has 0 unspecified atom stereocenters. The molecule has 0 aliphatic carbocycles. The Kier molecular flexibility index (Phi) is 5.96. The van der Waals surface area contributed by atoms with E-state index < -0.39 is 0 Å². The van der Waals surface area contributed by atoms with Gasteiger partial charge in [-0.2, -0.15) is 0 Å². The molecule has 0 aliphatic rings. The van der Waals surface area contributed by atoms with Gasteiger partial charge >= 0.3 is 0 Å². The number of carbonyl (C=O) groups is 1. The first kappa shape index (κ1) is 19.6. The Bertz CT molecular complexity index is 985. The smallest absolute Gasteiger partial charge is 0.219 e. The molecule has 2 heterocycles. The molecule has 2 N–H and O–H groups in total. The van der Waals surface area contributed by atoms with Gasteiger partial charge in [-0.15, -0.1) is 0 Å². The van der Waals surface area contributed by atoms with Gasteiger partial charge < -0.3 is 19.9 Å². The predicted molar refractivity (Wildman–Crippen MR) is 110 cm³/mol. The van der Waals surface area contributed by atoms with Crippen LogP contribution in [0.3, 0.4) is 0 Å². The summed E-state index contributed by atoms with van der Waals surface area (Å²) in [5, 5.41) is 0.990. The van der Waals surface area contributed by atoms with Gasteiger partial charge in [0.25, 0.3) is 0 Å². The van der Waals surface area contributed by atoms with E-state index in [0.717, 1.165) is 39.7 Å². The Labute approximate surface area is 166 Å². The lowest BCUT2D eigenvalue weighted by atomic mass is 10.2. The van der Waals surface area contributed by atoms with Gasteiger partial charge in [-0.1, -0.05) is 15.9 Å². The fourth-order valence-electron chi connectivity index (χ4n) is 3.28. The molecule has 3 rings (SSSR count). The van der Waals surface area contributed by atoms with Gasteiger partial charge in [0, 0.05) is 43.6 Å². The number of nitrogen functional groups attached to an aromatic ring is 1. The number of hydrogen-bond donors (Lipinski definition) is 1. The molecule has 1 aromatic carbocycles. The molecule has 0 fully saturated rings. The lowest BCUT2D eigenvalue weighted by Crippen LogP contribution is -2.29. The minimum atomic E-state index is 0.0212. The molecule has 0 bridgehead atoms. The maximum Gasteiger partial charge on any atom is 0.219 e. The van der Waals surface area contributed by atoms with Crippen LogP contribution in [-0.2, 0) is 22.6 Å². The number of nitrogens with two attached hydrogens (primary N) is 1. The van der Waals surface area contributed by atoms with Crippen LogP contribution in [0.5, 0.6) is 0 Å². The molecule has 8 heteroatoms. The van der Waals surface area contributed by atoms with Gasteiger partial charge in [0.15, 0.2) is 5.82 Å². The number of halogens is 1. The average molecular weight is 434 g/mol. The van der Waals surface area contributed by atoms with Crippen LogP contribution in [0.2, 0.25) is 0 Å². The van der Waals surface area contributed by atoms with E-state index in [1.165, 1.54) is 0 Å². The summed E-state index contributed by atoms with van der Waals surface area (Å²) >= 11 is 3.49. The van der Waals surface area contributed by atoms with Crippen molar-refractivity contribution in [1.82, 2.24) is 19.4 Å². The van der Waals surface area contributed by atoms with E-state index in [9.17, 15) is 4.79 Å². The molecule has 0 aliphatic heterocycles. The number of ether oxygens (including phenoxy) is 1. The van der Waals surface area contributed by atoms with Crippen molar-refractivity contribution in [2.75, 3.05) is 26.0 Å². The number of benzene rings is 1. The zero-order chi connectivity index (χ0) is 19.6. The molecular weight excluding hydrogens is 410 g/mol. The van der Waals surface area contributed by atoms with E-state index in [2.05, 4.69) is 25.5 Å². The number of rotatable bonds is 7. The Morgan fingerprint density at radius 2 is 2.15 bits per heavy atom. The quantitative estimate of drug-likeness (QED) is 0.577. The van der Waals surface area contributed by atoms with Crippen LogP contribution in [0.1, 0.15) is 26.1 Å². The number of hydrogen-bond acceptors (Lipinski definition) is 5. The normalized spacial score (nSPS) is 11.4. The summed E-state index contributed by atoms with van der Waals surface area (Å²) in [4.78, 5) is 22.9. The first-order chi connectivity index (χ1) is 13.0. The summed E-state index contributed by atoms with van der Waals surface area (Å²) in [6, 6.07) is 5.96. The zero-order valence-electron chi connectivity index (χ0n) is 15.8. The van der Waals surface area contributed by atoms with Crippen molar-refractivity contribution < 1.29 is 9.53 Å². The van der Waals surface area contributed by atoms with Crippen molar-refractivity contribution in [3.63, 3.8) is 0 Å². The Hall–Kier alpha value is -2.19. The SMILES string of the molecule is CCN(Cc1nc2c(N)nc3cc(Br)ccc3c2n1CCCOC)C(C)=O. The predicted octanol–water partition coefficient (Wildman–Crippen LogP) is 3.33. The standard InChI is InChI=1S/C19H24BrN5O2/c1-4-24(12(2)26)11-16-23-17-18(25(16)8-5-9-27-3)14-7-6-13(20)10-15(14)22-19(17)21/h6-7,10H,4-5,8-9,11H2,1-3H3,(H2,21,22). The van der Waals surface area contributed by atoms with Crippen LogP contribution in [0.25, 0.3) is 21.9 Å². The Balaban J connectivity index is 2.21. The molecule has 7 nitrogen and oxygen atoms in total. The van der Waals surface area contributed by atoms with Crippen molar-refractivity contribution in [1.29, 1.82) is 0 Å². The molecule has 3 aromatic rings. The van der Waals surface area contributed by atoms with Crippen LogP contribution in [0, 0.1) is 0 Å². The lowest BCUT2D eigenvalue weighted by molar-refractivity contribution is -0.129. The molecule has 0 radical (unpaired) electrons. The highest BCUT2D eigenvalue weighted by molar-refractivity contribution is 9.10. The summed E-state index contributed by atoms with van der Waals surface area (Å²) in [5.41, 5.74) is 8.67. The monoisotopic (exact) mass is 433 g/mol. The zero-order valence-corrected chi connectivity index (χ0v) is 17.4.